The Bertz CT molecular complexity index is 1250. The molecule has 5 rings (SSSR count). The number of nitrogens with zero attached hydrogens (tertiary/aromatic N) is 5. The molecule has 2 aromatic heterocycles. The summed E-state index contributed by atoms with van der Waals surface area (Å²) in [5.74, 6) is 0.641. The third-order valence-corrected chi connectivity index (χ3v) is 5.82. The average Bonchev–Trinajstić information content (AvgIpc) is 3.54. The number of piperazine rings is 1. The van der Waals surface area contributed by atoms with E-state index < -0.39 is 0 Å². The zero-order valence-electron chi connectivity index (χ0n) is 18.0. The smallest absolute Gasteiger partial charge is 0.292 e. The van der Waals surface area contributed by atoms with Gasteiger partial charge in [0.25, 0.3) is 5.91 Å². The fourth-order valence-electron chi connectivity index (χ4n) is 3.89. The highest BCUT2D eigenvalue weighted by Crippen LogP contribution is 2.25. The molecule has 0 N–H and O–H groups in total. The van der Waals surface area contributed by atoms with Gasteiger partial charge in [-0.1, -0.05) is 52.8 Å². The molecule has 1 amide bonds. The Kier molecular flexibility index (Phi) is 5.70. The number of benzene rings is 2. The van der Waals surface area contributed by atoms with Gasteiger partial charge in [0, 0.05) is 43.4 Å². The fraction of sp³-hybridized carbons (Fsp3) is 0.250. The van der Waals surface area contributed by atoms with Gasteiger partial charge in [0.1, 0.15) is 11.5 Å². The highest BCUT2D eigenvalue weighted by molar-refractivity contribution is 5.92. The van der Waals surface area contributed by atoms with Crippen LogP contribution in [-0.4, -0.2) is 57.2 Å². The predicted octanol–water partition coefficient (Wildman–Crippen LogP) is 4.05. The summed E-state index contributed by atoms with van der Waals surface area (Å²) in [5.41, 5.74) is 1.89. The second-order valence-corrected chi connectivity index (χ2v) is 7.91. The van der Waals surface area contributed by atoms with Crippen LogP contribution in [0.25, 0.3) is 22.6 Å². The standard InChI is InChI=1S/C24H22FN5O3/c1-16(23-26-22(28-33-23)17-6-3-2-4-7-17)29-10-12-30(13-11-29)24(31)21-15-20(27-32-21)18-8-5-9-19(25)14-18/h2-9,14-16H,10-13H2,1H3. The van der Waals surface area contributed by atoms with E-state index in [9.17, 15) is 9.18 Å². The van der Waals surface area contributed by atoms with Gasteiger partial charge in [0.15, 0.2) is 0 Å². The molecule has 168 valence electrons. The van der Waals surface area contributed by atoms with Crippen LogP contribution >= 0.6 is 0 Å². The molecule has 4 aromatic rings. The molecular formula is C24H22FN5O3. The molecule has 9 heteroatoms. The van der Waals surface area contributed by atoms with Crippen LogP contribution in [0.15, 0.2) is 69.7 Å². The fourth-order valence-corrected chi connectivity index (χ4v) is 3.89. The summed E-state index contributed by atoms with van der Waals surface area (Å²) in [6.07, 6.45) is 0. The second kappa shape index (κ2) is 8.95. The summed E-state index contributed by atoms with van der Waals surface area (Å²) in [5, 5.41) is 8.02. The number of rotatable bonds is 5. The Morgan fingerprint density at radius 1 is 0.939 bits per heavy atom. The van der Waals surface area contributed by atoms with Crippen molar-refractivity contribution in [3.8, 4) is 22.6 Å². The maximum atomic E-state index is 13.5. The van der Waals surface area contributed by atoms with Crippen molar-refractivity contribution in [2.45, 2.75) is 13.0 Å². The second-order valence-electron chi connectivity index (χ2n) is 7.91. The van der Waals surface area contributed by atoms with Crippen LogP contribution in [0.4, 0.5) is 4.39 Å². The third-order valence-electron chi connectivity index (χ3n) is 5.82. The number of amides is 1. The Balaban J connectivity index is 1.21. The molecule has 0 bridgehead atoms. The molecule has 1 atom stereocenters. The number of carbonyl (C=O) groups is 1. The molecule has 8 nitrogen and oxygen atoms in total. The number of carbonyl (C=O) groups excluding carboxylic acids is 1. The van der Waals surface area contributed by atoms with Gasteiger partial charge >= 0.3 is 0 Å². The Morgan fingerprint density at radius 2 is 1.70 bits per heavy atom. The van der Waals surface area contributed by atoms with Crippen molar-refractivity contribution in [2.75, 3.05) is 26.2 Å². The third kappa shape index (κ3) is 4.40. The number of aromatic nitrogens is 3. The molecule has 0 radical (unpaired) electrons. The summed E-state index contributed by atoms with van der Waals surface area (Å²) in [7, 11) is 0. The quantitative estimate of drug-likeness (QED) is 0.456. The summed E-state index contributed by atoms with van der Waals surface area (Å²) < 4.78 is 24.2. The molecule has 1 saturated heterocycles. The van der Waals surface area contributed by atoms with Gasteiger partial charge in [-0.25, -0.2) is 4.39 Å². The van der Waals surface area contributed by atoms with Gasteiger partial charge in [-0.2, -0.15) is 4.98 Å². The highest BCUT2D eigenvalue weighted by Gasteiger charge is 2.29. The molecule has 2 aromatic carbocycles. The average molecular weight is 447 g/mol. The first-order valence-corrected chi connectivity index (χ1v) is 10.7. The van der Waals surface area contributed by atoms with E-state index in [1.807, 2.05) is 37.3 Å². The topological polar surface area (TPSA) is 88.5 Å². The molecule has 0 spiro atoms. The van der Waals surface area contributed by atoms with Crippen LogP contribution < -0.4 is 0 Å². The monoisotopic (exact) mass is 447 g/mol. The summed E-state index contributed by atoms with van der Waals surface area (Å²) in [6, 6.07) is 17.2. The molecule has 33 heavy (non-hydrogen) atoms. The molecule has 0 aliphatic carbocycles. The van der Waals surface area contributed by atoms with Crippen LogP contribution in [-0.2, 0) is 0 Å². The van der Waals surface area contributed by atoms with Crippen molar-refractivity contribution in [3.05, 3.63) is 78.1 Å². The van der Waals surface area contributed by atoms with Crippen LogP contribution in [0.2, 0.25) is 0 Å². The zero-order chi connectivity index (χ0) is 22.8. The van der Waals surface area contributed by atoms with Crippen LogP contribution in [0, 0.1) is 5.82 Å². The molecule has 0 saturated carbocycles. The predicted molar refractivity (Wildman–Crippen MR) is 118 cm³/mol. The SMILES string of the molecule is CC(c1nc(-c2ccccc2)no1)N1CCN(C(=O)c2cc(-c3cccc(F)c3)no2)CC1. The van der Waals surface area contributed by atoms with E-state index in [0.29, 0.717) is 49.2 Å². The van der Waals surface area contributed by atoms with Crippen LogP contribution in [0.5, 0.6) is 0 Å². The molecular weight excluding hydrogens is 425 g/mol. The van der Waals surface area contributed by atoms with Gasteiger partial charge in [-0.05, 0) is 19.1 Å². The zero-order valence-corrected chi connectivity index (χ0v) is 18.0. The van der Waals surface area contributed by atoms with E-state index in [0.717, 1.165) is 5.56 Å². The van der Waals surface area contributed by atoms with Gasteiger partial charge in [-0.15, -0.1) is 0 Å². The van der Waals surface area contributed by atoms with E-state index >= 15 is 0 Å². The van der Waals surface area contributed by atoms with Gasteiger partial charge in [0.2, 0.25) is 17.5 Å². The lowest BCUT2D eigenvalue weighted by molar-refractivity contribution is 0.0516. The van der Waals surface area contributed by atoms with E-state index in [1.165, 1.54) is 12.1 Å². The van der Waals surface area contributed by atoms with E-state index in [-0.39, 0.29) is 23.5 Å². The Labute approximate surface area is 189 Å². The molecule has 1 aliphatic rings. The van der Waals surface area contributed by atoms with Crippen molar-refractivity contribution in [1.82, 2.24) is 25.1 Å². The largest absolute Gasteiger partial charge is 0.350 e. The summed E-state index contributed by atoms with van der Waals surface area (Å²) >= 11 is 0. The van der Waals surface area contributed by atoms with Crippen LogP contribution in [0.1, 0.15) is 29.4 Å². The minimum absolute atomic E-state index is 0.0722. The molecule has 3 heterocycles. The lowest BCUT2D eigenvalue weighted by Crippen LogP contribution is -2.49. The first-order chi connectivity index (χ1) is 16.1. The van der Waals surface area contributed by atoms with E-state index in [1.54, 1.807) is 23.1 Å². The number of halogens is 1. The van der Waals surface area contributed by atoms with Gasteiger partial charge in [-0.3, -0.25) is 9.69 Å². The van der Waals surface area contributed by atoms with E-state index in [4.69, 9.17) is 9.05 Å². The first-order valence-electron chi connectivity index (χ1n) is 10.7. The van der Waals surface area contributed by atoms with E-state index in [2.05, 4.69) is 20.2 Å². The molecule has 1 fully saturated rings. The Morgan fingerprint density at radius 3 is 2.45 bits per heavy atom. The normalized spacial score (nSPS) is 15.5. The summed E-state index contributed by atoms with van der Waals surface area (Å²) in [4.78, 5) is 21.3. The van der Waals surface area contributed by atoms with Crippen molar-refractivity contribution in [3.63, 3.8) is 0 Å². The lowest BCUT2D eigenvalue weighted by atomic mass is 10.1. The van der Waals surface area contributed by atoms with Crippen molar-refractivity contribution < 1.29 is 18.2 Å². The number of hydrogen-bond acceptors (Lipinski definition) is 7. The lowest BCUT2D eigenvalue weighted by Gasteiger charge is -2.36. The minimum Gasteiger partial charge on any atom is -0.350 e. The summed E-state index contributed by atoms with van der Waals surface area (Å²) in [6.45, 7) is 4.38. The van der Waals surface area contributed by atoms with Gasteiger partial charge < -0.3 is 13.9 Å². The number of hydrogen-bond donors (Lipinski definition) is 0. The van der Waals surface area contributed by atoms with Crippen LogP contribution in [0.3, 0.4) is 0 Å². The van der Waals surface area contributed by atoms with Crippen molar-refractivity contribution >= 4 is 5.91 Å². The van der Waals surface area contributed by atoms with Crippen molar-refractivity contribution in [1.29, 1.82) is 0 Å². The first kappa shape index (κ1) is 21.0. The minimum atomic E-state index is -0.370. The molecule has 1 aliphatic heterocycles. The van der Waals surface area contributed by atoms with Gasteiger partial charge in [0.05, 0.1) is 6.04 Å². The van der Waals surface area contributed by atoms with Crippen molar-refractivity contribution in [2.24, 2.45) is 0 Å². The molecule has 1 unspecified atom stereocenters. The highest BCUT2D eigenvalue weighted by atomic mass is 19.1. The maximum absolute atomic E-state index is 13.5. The Hall–Kier alpha value is -3.85. The maximum Gasteiger partial charge on any atom is 0.292 e.